The molecule has 1 aliphatic heterocycles. The van der Waals surface area contributed by atoms with Gasteiger partial charge < -0.3 is 10.6 Å². The highest BCUT2D eigenvalue weighted by Crippen LogP contribution is 2.31. The van der Waals surface area contributed by atoms with Crippen molar-refractivity contribution in [3.8, 4) is 0 Å². The van der Waals surface area contributed by atoms with Gasteiger partial charge in [-0.2, -0.15) is 0 Å². The first-order valence-electron chi connectivity index (χ1n) is 6.18. The summed E-state index contributed by atoms with van der Waals surface area (Å²) in [5.74, 6) is -0.780. The van der Waals surface area contributed by atoms with Crippen LogP contribution >= 0.6 is 11.6 Å². The molecule has 1 atom stereocenters. The summed E-state index contributed by atoms with van der Waals surface area (Å²) in [6.07, 6.45) is 3.05. The fraction of sp³-hybridized carbons (Fsp3) is 0.500. The van der Waals surface area contributed by atoms with E-state index in [0.29, 0.717) is 0 Å². The number of benzene rings is 1. The zero-order valence-corrected chi connectivity index (χ0v) is 11.0. The molecule has 1 fully saturated rings. The Morgan fingerprint density at radius 1 is 1.47 bits per heavy atom. The topological polar surface area (TPSA) is 67.2 Å². The monoisotopic (exact) mass is 287 g/mol. The maximum absolute atomic E-state index is 13.3. The minimum Gasteiger partial charge on any atom is -0.375 e. The third-order valence-corrected chi connectivity index (χ3v) is 3.43. The van der Waals surface area contributed by atoms with E-state index in [1.165, 1.54) is 6.07 Å². The van der Waals surface area contributed by atoms with E-state index in [0.717, 1.165) is 38.4 Å². The van der Waals surface area contributed by atoms with E-state index >= 15 is 0 Å². The Morgan fingerprint density at radius 3 is 3.00 bits per heavy atom. The van der Waals surface area contributed by atoms with Crippen LogP contribution in [0.15, 0.2) is 12.1 Å². The van der Waals surface area contributed by atoms with Crippen LogP contribution in [0, 0.1) is 15.9 Å². The highest BCUT2D eigenvalue weighted by atomic mass is 35.5. The molecule has 0 saturated carbocycles. The van der Waals surface area contributed by atoms with Gasteiger partial charge in [-0.15, -0.1) is 0 Å². The first-order chi connectivity index (χ1) is 9.08. The number of anilines is 1. The molecule has 104 valence electrons. The normalized spacial score (nSPS) is 19.8. The summed E-state index contributed by atoms with van der Waals surface area (Å²) >= 11 is 5.69. The van der Waals surface area contributed by atoms with Crippen molar-refractivity contribution in [3.05, 3.63) is 33.1 Å². The first kappa shape index (κ1) is 14.0. The third-order valence-electron chi connectivity index (χ3n) is 3.14. The predicted octanol–water partition coefficient (Wildman–Crippen LogP) is 2.94. The summed E-state index contributed by atoms with van der Waals surface area (Å²) in [7, 11) is 0. The van der Waals surface area contributed by atoms with E-state index in [2.05, 4.69) is 10.6 Å². The van der Waals surface area contributed by atoms with Crippen molar-refractivity contribution in [2.24, 2.45) is 0 Å². The van der Waals surface area contributed by atoms with Crippen LogP contribution in [-0.4, -0.2) is 24.1 Å². The largest absolute Gasteiger partial charge is 0.375 e. The minimum absolute atomic E-state index is 0.0859. The van der Waals surface area contributed by atoms with Gasteiger partial charge in [0, 0.05) is 12.6 Å². The molecule has 2 N–H and O–H groups in total. The maximum atomic E-state index is 13.3. The lowest BCUT2D eigenvalue weighted by Crippen LogP contribution is -2.31. The van der Waals surface area contributed by atoms with Crippen molar-refractivity contribution in [2.45, 2.75) is 25.3 Å². The molecule has 0 spiro atoms. The van der Waals surface area contributed by atoms with Crippen molar-refractivity contribution in [1.29, 1.82) is 0 Å². The van der Waals surface area contributed by atoms with Crippen LogP contribution in [-0.2, 0) is 0 Å². The van der Waals surface area contributed by atoms with Gasteiger partial charge >= 0.3 is 0 Å². The number of halogens is 2. The Labute approximate surface area is 115 Å². The van der Waals surface area contributed by atoms with Crippen LogP contribution in [0.5, 0.6) is 0 Å². The van der Waals surface area contributed by atoms with Crippen molar-refractivity contribution in [1.82, 2.24) is 5.32 Å². The fourth-order valence-electron chi connectivity index (χ4n) is 2.17. The Morgan fingerprint density at radius 2 is 2.26 bits per heavy atom. The van der Waals surface area contributed by atoms with Crippen molar-refractivity contribution < 1.29 is 9.31 Å². The van der Waals surface area contributed by atoms with Gasteiger partial charge in [-0.3, -0.25) is 10.1 Å². The van der Waals surface area contributed by atoms with E-state index in [4.69, 9.17) is 11.6 Å². The molecule has 1 aliphatic rings. The number of nitro groups is 1. The van der Waals surface area contributed by atoms with Gasteiger partial charge in [0.15, 0.2) is 0 Å². The summed E-state index contributed by atoms with van der Waals surface area (Å²) in [5.41, 5.74) is -0.0174. The highest BCUT2D eigenvalue weighted by Gasteiger charge is 2.21. The lowest BCUT2D eigenvalue weighted by Gasteiger charge is -2.18. The molecule has 1 saturated heterocycles. The molecule has 1 aromatic rings. The van der Waals surface area contributed by atoms with Gasteiger partial charge in [-0.25, -0.2) is 4.39 Å². The second-order valence-corrected chi connectivity index (χ2v) is 4.99. The molecular weight excluding hydrogens is 273 g/mol. The number of nitrogens with one attached hydrogen (secondary N) is 2. The summed E-state index contributed by atoms with van der Waals surface area (Å²) in [6.45, 7) is 1.68. The van der Waals surface area contributed by atoms with Crippen LogP contribution in [0.4, 0.5) is 15.8 Å². The van der Waals surface area contributed by atoms with Crippen molar-refractivity contribution in [3.63, 3.8) is 0 Å². The zero-order valence-electron chi connectivity index (χ0n) is 10.3. The van der Waals surface area contributed by atoms with Crippen LogP contribution in [0.25, 0.3) is 0 Å². The van der Waals surface area contributed by atoms with Crippen LogP contribution in [0.3, 0.4) is 0 Å². The summed E-state index contributed by atoms with van der Waals surface area (Å²) in [4.78, 5) is 10.3. The minimum atomic E-state index is -0.780. The number of nitrogens with zero attached hydrogens (tertiary/aromatic N) is 1. The van der Waals surface area contributed by atoms with Crippen molar-refractivity contribution >= 4 is 23.0 Å². The summed E-state index contributed by atoms with van der Waals surface area (Å²) < 4.78 is 13.3. The SMILES string of the molecule is O=[N+]([O-])c1cc(F)c(Cl)cc1NC1CCCCNC1. The van der Waals surface area contributed by atoms with Crippen molar-refractivity contribution in [2.75, 3.05) is 18.4 Å². The molecule has 0 aromatic heterocycles. The molecule has 1 heterocycles. The molecule has 19 heavy (non-hydrogen) atoms. The van der Waals surface area contributed by atoms with E-state index in [1.807, 2.05) is 0 Å². The number of hydrogen-bond donors (Lipinski definition) is 2. The fourth-order valence-corrected chi connectivity index (χ4v) is 2.33. The Kier molecular flexibility index (Phi) is 4.55. The Hall–Kier alpha value is -1.40. The Bertz CT molecular complexity index is 476. The molecule has 7 heteroatoms. The maximum Gasteiger partial charge on any atom is 0.295 e. The summed E-state index contributed by atoms with van der Waals surface area (Å²) in [5, 5.41) is 17.2. The van der Waals surface area contributed by atoms with Crippen LogP contribution in [0.1, 0.15) is 19.3 Å². The molecule has 0 amide bonds. The van der Waals surface area contributed by atoms with E-state index in [1.54, 1.807) is 0 Å². The number of hydrogen-bond acceptors (Lipinski definition) is 4. The van der Waals surface area contributed by atoms with Gasteiger partial charge in [0.25, 0.3) is 5.69 Å². The number of nitro benzene ring substituents is 1. The average molecular weight is 288 g/mol. The zero-order chi connectivity index (χ0) is 13.8. The van der Waals surface area contributed by atoms with Gasteiger partial charge in [0.1, 0.15) is 11.5 Å². The Balaban J connectivity index is 2.22. The molecule has 1 aromatic carbocycles. The molecule has 0 bridgehead atoms. The van der Waals surface area contributed by atoms with Crippen LogP contribution in [0.2, 0.25) is 5.02 Å². The molecule has 2 rings (SSSR count). The highest BCUT2D eigenvalue weighted by molar-refractivity contribution is 6.31. The lowest BCUT2D eigenvalue weighted by molar-refractivity contribution is -0.384. The summed E-state index contributed by atoms with van der Waals surface area (Å²) in [6, 6.07) is 2.22. The van der Waals surface area contributed by atoms with E-state index in [-0.39, 0.29) is 22.4 Å². The van der Waals surface area contributed by atoms with Gasteiger partial charge in [-0.1, -0.05) is 18.0 Å². The van der Waals surface area contributed by atoms with E-state index in [9.17, 15) is 14.5 Å². The molecule has 0 radical (unpaired) electrons. The lowest BCUT2D eigenvalue weighted by atomic mass is 10.1. The number of rotatable bonds is 3. The standard InChI is InChI=1S/C12H15ClFN3O2/c13-9-5-11(12(17(18)19)6-10(9)14)16-8-3-1-2-4-15-7-8/h5-6,8,15-16H,1-4,7H2. The molecule has 1 unspecified atom stereocenters. The predicted molar refractivity (Wildman–Crippen MR) is 72.2 cm³/mol. The molecule has 0 aliphatic carbocycles. The second-order valence-electron chi connectivity index (χ2n) is 4.58. The smallest absolute Gasteiger partial charge is 0.295 e. The van der Waals surface area contributed by atoms with Gasteiger partial charge in [-0.05, 0) is 25.5 Å². The van der Waals surface area contributed by atoms with E-state index < -0.39 is 10.7 Å². The van der Waals surface area contributed by atoms with Crippen LogP contribution < -0.4 is 10.6 Å². The molecular formula is C12H15ClFN3O2. The first-order valence-corrected chi connectivity index (χ1v) is 6.56. The van der Waals surface area contributed by atoms with Gasteiger partial charge in [0.2, 0.25) is 0 Å². The van der Waals surface area contributed by atoms with Gasteiger partial charge in [0.05, 0.1) is 16.0 Å². The average Bonchev–Trinajstić information content (AvgIpc) is 2.62. The molecule has 5 nitrogen and oxygen atoms in total. The third kappa shape index (κ3) is 3.54. The quantitative estimate of drug-likeness (QED) is 0.662. The second kappa shape index (κ2) is 6.16.